The van der Waals surface area contributed by atoms with Gasteiger partial charge in [0.05, 0.1) is 5.54 Å². The monoisotopic (exact) mass is 219 g/mol. The number of hydrogen-bond acceptors (Lipinski definition) is 4. The van der Waals surface area contributed by atoms with Gasteiger partial charge in [0.25, 0.3) is 0 Å². The van der Waals surface area contributed by atoms with Crippen molar-refractivity contribution < 1.29 is 4.42 Å². The molecule has 0 amide bonds. The molecule has 16 heavy (non-hydrogen) atoms. The summed E-state index contributed by atoms with van der Waals surface area (Å²) < 4.78 is 5.64. The van der Waals surface area contributed by atoms with Crippen molar-refractivity contribution in [3.05, 3.63) is 23.7 Å². The Morgan fingerprint density at radius 2 is 2.12 bits per heavy atom. The van der Waals surface area contributed by atoms with Gasteiger partial charge in [0.15, 0.2) is 11.2 Å². The van der Waals surface area contributed by atoms with Crippen molar-refractivity contribution in [2.45, 2.75) is 39.2 Å². The second-order valence-electron chi connectivity index (χ2n) is 4.46. The Bertz CT molecular complexity index is 502. The molecule has 0 bridgehead atoms. The van der Waals surface area contributed by atoms with Gasteiger partial charge in [0.2, 0.25) is 5.89 Å². The number of pyridine rings is 1. The Morgan fingerprint density at radius 1 is 1.38 bits per heavy atom. The zero-order chi connectivity index (χ0) is 11.8. The molecule has 0 aliphatic carbocycles. The summed E-state index contributed by atoms with van der Waals surface area (Å²) in [5.41, 5.74) is 7.93. The third-order valence-corrected chi connectivity index (χ3v) is 2.65. The van der Waals surface area contributed by atoms with Crippen LogP contribution in [0.4, 0.5) is 0 Å². The average molecular weight is 219 g/mol. The molecule has 1 unspecified atom stereocenters. The molecule has 4 heteroatoms. The summed E-state index contributed by atoms with van der Waals surface area (Å²) in [5, 5.41) is 0. The molecule has 4 nitrogen and oxygen atoms in total. The Morgan fingerprint density at radius 3 is 2.81 bits per heavy atom. The van der Waals surface area contributed by atoms with Crippen molar-refractivity contribution in [2.24, 2.45) is 5.73 Å². The number of oxazole rings is 1. The number of hydrogen-bond donors (Lipinski definition) is 1. The molecule has 2 aromatic heterocycles. The maximum atomic E-state index is 6.17. The van der Waals surface area contributed by atoms with E-state index in [1.54, 1.807) is 0 Å². The molecule has 0 radical (unpaired) electrons. The van der Waals surface area contributed by atoms with E-state index < -0.39 is 5.54 Å². The predicted octanol–water partition coefficient (Wildman–Crippen LogP) is 2.51. The lowest BCUT2D eigenvalue weighted by atomic mass is 9.98. The molecule has 1 atom stereocenters. The summed E-state index contributed by atoms with van der Waals surface area (Å²) in [4.78, 5) is 8.67. The summed E-state index contributed by atoms with van der Waals surface area (Å²) in [5.74, 6) is 0.572. The zero-order valence-electron chi connectivity index (χ0n) is 9.95. The van der Waals surface area contributed by atoms with Gasteiger partial charge in [-0.3, -0.25) is 0 Å². The molecule has 0 saturated carbocycles. The molecule has 0 aliphatic rings. The van der Waals surface area contributed by atoms with Gasteiger partial charge in [-0.1, -0.05) is 13.3 Å². The zero-order valence-corrected chi connectivity index (χ0v) is 9.95. The molecule has 2 rings (SSSR count). The van der Waals surface area contributed by atoms with E-state index in [4.69, 9.17) is 10.2 Å². The number of aryl methyl sites for hydroxylation is 1. The van der Waals surface area contributed by atoms with Crippen molar-refractivity contribution in [1.29, 1.82) is 0 Å². The van der Waals surface area contributed by atoms with E-state index in [0.717, 1.165) is 18.5 Å². The van der Waals surface area contributed by atoms with Crippen molar-refractivity contribution in [3.63, 3.8) is 0 Å². The normalized spacial score (nSPS) is 15.2. The number of nitrogens with zero attached hydrogens (tertiary/aromatic N) is 2. The summed E-state index contributed by atoms with van der Waals surface area (Å²) in [6.45, 7) is 5.96. The maximum Gasteiger partial charge on any atom is 0.216 e. The van der Waals surface area contributed by atoms with Gasteiger partial charge in [-0.15, -0.1) is 0 Å². The molecule has 0 aliphatic heterocycles. The molecule has 0 aromatic carbocycles. The molecular formula is C12H17N3O. The van der Waals surface area contributed by atoms with Crippen LogP contribution < -0.4 is 5.73 Å². The van der Waals surface area contributed by atoms with E-state index in [2.05, 4.69) is 16.9 Å². The number of fused-ring (bicyclic) bond motifs is 1. The summed E-state index contributed by atoms with van der Waals surface area (Å²) in [6.07, 6.45) is 1.84. The lowest BCUT2D eigenvalue weighted by Crippen LogP contribution is -2.33. The van der Waals surface area contributed by atoms with Crippen LogP contribution in [0.25, 0.3) is 11.2 Å². The van der Waals surface area contributed by atoms with Gasteiger partial charge in [-0.2, -0.15) is 4.98 Å². The molecule has 2 N–H and O–H groups in total. The van der Waals surface area contributed by atoms with Crippen molar-refractivity contribution in [2.75, 3.05) is 0 Å². The van der Waals surface area contributed by atoms with Crippen LogP contribution in [0.3, 0.4) is 0 Å². The Kier molecular flexibility index (Phi) is 2.68. The summed E-state index contributed by atoms with van der Waals surface area (Å²) in [7, 11) is 0. The average Bonchev–Trinajstić information content (AvgIpc) is 2.61. The predicted molar refractivity (Wildman–Crippen MR) is 63.0 cm³/mol. The Labute approximate surface area is 94.9 Å². The van der Waals surface area contributed by atoms with Crippen LogP contribution in [0.5, 0.6) is 0 Å². The first-order chi connectivity index (χ1) is 7.53. The smallest absolute Gasteiger partial charge is 0.216 e. The second-order valence-corrected chi connectivity index (χ2v) is 4.46. The van der Waals surface area contributed by atoms with Gasteiger partial charge in [-0.25, -0.2) is 4.98 Å². The SMILES string of the molecule is CCCC(C)(N)c1nc2nc(C)ccc2o1. The third kappa shape index (κ3) is 1.93. The third-order valence-electron chi connectivity index (χ3n) is 2.65. The minimum absolute atomic E-state index is 0.511. The van der Waals surface area contributed by atoms with Crippen LogP contribution in [0.15, 0.2) is 16.5 Å². The van der Waals surface area contributed by atoms with Gasteiger partial charge < -0.3 is 10.2 Å². The second kappa shape index (κ2) is 3.87. The van der Waals surface area contributed by atoms with E-state index >= 15 is 0 Å². The van der Waals surface area contributed by atoms with Gasteiger partial charge in [0.1, 0.15) is 0 Å². The lowest BCUT2D eigenvalue weighted by Gasteiger charge is -2.18. The first kappa shape index (κ1) is 11.1. The fourth-order valence-electron chi connectivity index (χ4n) is 1.78. The molecular weight excluding hydrogens is 202 g/mol. The molecule has 0 spiro atoms. The van der Waals surface area contributed by atoms with E-state index in [1.165, 1.54) is 0 Å². The minimum atomic E-state index is -0.511. The quantitative estimate of drug-likeness (QED) is 0.861. The van der Waals surface area contributed by atoms with E-state index in [0.29, 0.717) is 17.1 Å². The lowest BCUT2D eigenvalue weighted by molar-refractivity contribution is 0.342. The molecule has 2 heterocycles. The Balaban J connectivity index is 2.46. The van der Waals surface area contributed by atoms with Crippen LogP contribution >= 0.6 is 0 Å². The topological polar surface area (TPSA) is 64.9 Å². The maximum absolute atomic E-state index is 6.17. The van der Waals surface area contributed by atoms with Gasteiger partial charge in [0, 0.05) is 5.69 Å². The van der Waals surface area contributed by atoms with E-state index in [-0.39, 0.29) is 0 Å². The highest BCUT2D eigenvalue weighted by molar-refractivity contribution is 5.67. The van der Waals surface area contributed by atoms with E-state index in [1.807, 2.05) is 26.0 Å². The van der Waals surface area contributed by atoms with Crippen LogP contribution in [-0.2, 0) is 5.54 Å². The van der Waals surface area contributed by atoms with Crippen molar-refractivity contribution in [3.8, 4) is 0 Å². The van der Waals surface area contributed by atoms with Crippen LogP contribution in [0.1, 0.15) is 38.3 Å². The fraction of sp³-hybridized carbons (Fsp3) is 0.500. The largest absolute Gasteiger partial charge is 0.437 e. The van der Waals surface area contributed by atoms with Crippen LogP contribution in [-0.4, -0.2) is 9.97 Å². The summed E-state index contributed by atoms with van der Waals surface area (Å²) in [6, 6.07) is 3.79. The molecule has 0 fully saturated rings. The van der Waals surface area contributed by atoms with Gasteiger partial charge in [-0.05, 0) is 32.4 Å². The number of rotatable bonds is 3. The highest BCUT2D eigenvalue weighted by atomic mass is 16.4. The fourth-order valence-corrected chi connectivity index (χ4v) is 1.78. The molecule has 86 valence electrons. The molecule has 2 aromatic rings. The van der Waals surface area contributed by atoms with Crippen LogP contribution in [0, 0.1) is 6.92 Å². The molecule has 0 saturated heterocycles. The first-order valence-electron chi connectivity index (χ1n) is 5.56. The highest BCUT2D eigenvalue weighted by Crippen LogP contribution is 2.25. The van der Waals surface area contributed by atoms with Crippen LogP contribution in [0.2, 0.25) is 0 Å². The standard InChI is InChI=1S/C12H17N3O/c1-4-7-12(3,13)11-15-10-9(16-11)6-5-8(2)14-10/h5-6H,4,7,13H2,1-3H3. The van der Waals surface area contributed by atoms with Crippen molar-refractivity contribution >= 4 is 11.2 Å². The van der Waals surface area contributed by atoms with Crippen molar-refractivity contribution in [1.82, 2.24) is 9.97 Å². The first-order valence-corrected chi connectivity index (χ1v) is 5.56. The summed E-state index contributed by atoms with van der Waals surface area (Å²) >= 11 is 0. The minimum Gasteiger partial charge on any atom is -0.437 e. The van der Waals surface area contributed by atoms with Gasteiger partial charge >= 0.3 is 0 Å². The number of aromatic nitrogens is 2. The number of nitrogens with two attached hydrogens (primary N) is 1. The highest BCUT2D eigenvalue weighted by Gasteiger charge is 2.26. The Hall–Kier alpha value is -1.42. The van der Waals surface area contributed by atoms with E-state index in [9.17, 15) is 0 Å².